The summed E-state index contributed by atoms with van der Waals surface area (Å²) < 4.78 is 0. The van der Waals surface area contributed by atoms with Crippen molar-refractivity contribution in [2.75, 3.05) is 26.2 Å². The van der Waals surface area contributed by atoms with Gasteiger partial charge in [-0.05, 0) is 32.4 Å². The van der Waals surface area contributed by atoms with Crippen LogP contribution < -0.4 is 16.4 Å². The highest BCUT2D eigenvalue weighted by Gasteiger charge is 2.26. The number of hydrogen-bond donors (Lipinski definition) is 3. The normalized spacial score (nSPS) is 16.3. The lowest BCUT2D eigenvalue weighted by atomic mass is 10.1. The van der Waals surface area contributed by atoms with Crippen LogP contribution in [0, 0.1) is 0 Å². The number of carbonyl (C=O) groups excluding carboxylic acids is 2. The summed E-state index contributed by atoms with van der Waals surface area (Å²) in [5, 5.41) is 6.08. The van der Waals surface area contributed by atoms with Gasteiger partial charge in [0.1, 0.15) is 6.54 Å². The summed E-state index contributed by atoms with van der Waals surface area (Å²) in [6.45, 7) is 4.47. The van der Waals surface area contributed by atoms with Crippen molar-refractivity contribution >= 4 is 11.9 Å². The van der Waals surface area contributed by atoms with Gasteiger partial charge in [0.05, 0.1) is 0 Å². The van der Waals surface area contributed by atoms with E-state index >= 15 is 0 Å². The average molecular weight is 256 g/mol. The van der Waals surface area contributed by atoms with Gasteiger partial charge in [-0.1, -0.05) is 13.3 Å². The topological polar surface area (TPSA) is 87.5 Å². The number of unbranched alkanes of at least 4 members (excludes halogenated alkanes) is 1. The maximum atomic E-state index is 12.0. The van der Waals surface area contributed by atoms with Gasteiger partial charge in [0, 0.05) is 12.6 Å². The van der Waals surface area contributed by atoms with Crippen molar-refractivity contribution in [1.82, 2.24) is 15.5 Å². The zero-order valence-electron chi connectivity index (χ0n) is 11.1. The third kappa shape index (κ3) is 4.91. The van der Waals surface area contributed by atoms with Gasteiger partial charge >= 0.3 is 6.03 Å². The van der Waals surface area contributed by atoms with Gasteiger partial charge in [0.2, 0.25) is 5.91 Å². The lowest BCUT2D eigenvalue weighted by molar-refractivity contribution is -0.119. The van der Waals surface area contributed by atoms with E-state index in [1.807, 2.05) is 0 Å². The highest BCUT2D eigenvalue weighted by Crippen LogP contribution is 2.11. The first kappa shape index (κ1) is 14.8. The van der Waals surface area contributed by atoms with Crippen LogP contribution in [0.15, 0.2) is 0 Å². The Morgan fingerprint density at radius 1 is 1.39 bits per heavy atom. The minimum absolute atomic E-state index is 0.00260. The molecule has 0 spiro atoms. The van der Waals surface area contributed by atoms with Crippen molar-refractivity contribution in [1.29, 1.82) is 0 Å². The molecule has 104 valence electrons. The molecule has 3 amide bonds. The standard InChI is InChI=1S/C12H24N4O2/c1-2-3-6-15-12(18)16(9-11(13)17)10-4-7-14-8-5-10/h10,14H,2-9H2,1H3,(H2,13,17)(H,15,18). The predicted molar refractivity (Wildman–Crippen MR) is 70.1 cm³/mol. The molecule has 0 saturated carbocycles. The van der Waals surface area contributed by atoms with Crippen LogP contribution in [0.3, 0.4) is 0 Å². The second-order valence-corrected chi connectivity index (χ2v) is 4.66. The fourth-order valence-electron chi connectivity index (χ4n) is 2.13. The molecule has 0 atom stereocenters. The van der Waals surface area contributed by atoms with Gasteiger partial charge in [-0.2, -0.15) is 0 Å². The number of amides is 3. The Hall–Kier alpha value is -1.30. The summed E-state index contributed by atoms with van der Waals surface area (Å²) in [6, 6.07) is -0.0606. The molecule has 1 aliphatic rings. The predicted octanol–water partition coefficient (Wildman–Crippen LogP) is 0.0354. The van der Waals surface area contributed by atoms with Crippen LogP contribution in [0.5, 0.6) is 0 Å². The van der Waals surface area contributed by atoms with Crippen LogP contribution in [0.1, 0.15) is 32.6 Å². The first-order valence-corrected chi connectivity index (χ1v) is 6.68. The van der Waals surface area contributed by atoms with E-state index < -0.39 is 5.91 Å². The van der Waals surface area contributed by atoms with Gasteiger partial charge in [-0.15, -0.1) is 0 Å². The zero-order chi connectivity index (χ0) is 13.4. The fraction of sp³-hybridized carbons (Fsp3) is 0.833. The Balaban J connectivity index is 2.52. The second-order valence-electron chi connectivity index (χ2n) is 4.66. The number of piperidine rings is 1. The molecule has 6 nitrogen and oxygen atoms in total. The van der Waals surface area contributed by atoms with Gasteiger partial charge < -0.3 is 21.3 Å². The third-order valence-corrected chi connectivity index (χ3v) is 3.14. The molecule has 1 rings (SSSR count). The number of carbonyl (C=O) groups is 2. The molecule has 0 unspecified atom stereocenters. The first-order chi connectivity index (χ1) is 8.65. The molecule has 6 heteroatoms. The molecule has 0 aromatic heterocycles. The Morgan fingerprint density at radius 3 is 2.61 bits per heavy atom. The Morgan fingerprint density at radius 2 is 2.06 bits per heavy atom. The minimum Gasteiger partial charge on any atom is -0.368 e. The van der Waals surface area contributed by atoms with Crippen LogP contribution >= 0.6 is 0 Å². The van der Waals surface area contributed by atoms with Crippen LogP contribution in [0.2, 0.25) is 0 Å². The number of hydrogen-bond acceptors (Lipinski definition) is 3. The minimum atomic E-state index is -0.459. The molecule has 0 bridgehead atoms. The van der Waals surface area contributed by atoms with Gasteiger partial charge in [0.25, 0.3) is 0 Å². The summed E-state index contributed by atoms with van der Waals surface area (Å²) in [7, 11) is 0. The molecule has 4 N–H and O–H groups in total. The Kier molecular flexibility index (Phi) is 6.49. The maximum Gasteiger partial charge on any atom is 0.318 e. The lowest BCUT2D eigenvalue weighted by Gasteiger charge is -2.33. The molecule has 18 heavy (non-hydrogen) atoms. The molecule has 1 aliphatic heterocycles. The summed E-state index contributed by atoms with van der Waals surface area (Å²) in [5.74, 6) is -0.459. The van der Waals surface area contributed by atoms with Crippen molar-refractivity contribution in [2.24, 2.45) is 5.73 Å². The average Bonchev–Trinajstić information content (AvgIpc) is 2.37. The number of rotatable bonds is 6. The van der Waals surface area contributed by atoms with E-state index in [0.717, 1.165) is 38.8 Å². The summed E-state index contributed by atoms with van der Waals surface area (Å²) in [6.07, 6.45) is 3.72. The van der Waals surface area contributed by atoms with Crippen LogP contribution in [-0.2, 0) is 4.79 Å². The van der Waals surface area contributed by atoms with Crippen molar-refractivity contribution in [2.45, 2.75) is 38.6 Å². The Labute approximate surface area is 108 Å². The van der Waals surface area contributed by atoms with E-state index in [2.05, 4.69) is 17.6 Å². The van der Waals surface area contributed by atoms with E-state index in [0.29, 0.717) is 6.54 Å². The number of nitrogens with zero attached hydrogens (tertiary/aromatic N) is 1. The van der Waals surface area contributed by atoms with Gasteiger partial charge in [-0.25, -0.2) is 4.79 Å². The molecular weight excluding hydrogens is 232 g/mol. The van der Waals surface area contributed by atoms with Crippen LogP contribution in [0.4, 0.5) is 4.79 Å². The number of primary amides is 1. The molecule has 0 aromatic rings. The molecule has 0 aliphatic carbocycles. The zero-order valence-corrected chi connectivity index (χ0v) is 11.1. The smallest absolute Gasteiger partial charge is 0.318 e. The number of nitrogens with one attached hydrogen (secondary N) is 2. The second kappa shape index (κ2) is 7.92. The van der Waals surface area contributed by atoms with Crippen LogP contribution in [0.25, 0.3) is 0 Å². The first-order valence-electron chi connectivity index (χ1n) is 6.68. The van der Waals surface area contributed by atoms with E-state index in [-0.39, 0.29) is 18.6 Å². The fourth-order valence-corrected chi connectivity index (χ4v) is 2.13. The van der Waals surface area contributed by atoms with Crippen molar-refractivity contribution in [3.63, 3.8) is 0 Å². The van der Waals surface area contributed by atoms with Gasteiger partial charge in [-0.3, -0.25) is 4.79 Å². The number of nitrogens with two attached hydrogens (primary N) is 1. The van der Waals surface area contributed by atoms with E-state index in [9.17, 15) is 9.59 Å². The SMILES string of the molecule is CCCCNC(=O)N(CC(N)=O)C1CCNCC1. The quantitative estimate of drug-likeness (QED) is 0.586. The molecular formula is C12H24N4O2. The monoisotopic (exact) mass is 256 g/mol. The molecule has 1 heterocycles. The summed E-state index contributed by atoms with van der Waals surface area (Å²) in [4.78, 5) is 24.7. The van der Waals surface area contributed by atoms with Crippen molar-refractivity contribution < 1.29 is 9.59 Å². The van der Waals surface area contributed by atoms with Gasteiger partial charge in [0.15, 0.2) is 0 Å². The molecule has 0 aromatic carbocycles. The third-order valence-electron chi connectivity index (χ3n) is 3.14. The van der Waals surface area contributed by atoms with E-state index in [1.165, 1.54) is 0 Å². The van der Waals surface area contributed by atoms with E-state index in [1.54, 1.807) is 4.90 Å². The lowest BCUT2D eigenvalue weighted by Crippen LogP contribution is -2.52. The largest absolute Gasteiger partial charge is 0.368 e. The summed E-state index contributed by atoms with van der Waals surface area (Å²) >= 11 is 0. The maximum absolute atomic E-state index is 12.0. The summed E-state index contributed by atoms with van der Waals surface area (Å²) in [5.41, 5.74) is 5.22. The van der Waals surface area contributed by atoms with Crippen LogP contribution in [-0.4, -0.2) is 49.1 Å². The number of urea groups is 1. The van der Waals surface area contributed by atoms with Crippen molar-refractivity contribution in [3.05, 3.63) is 0 Å². The molecule has 0 radical (unpaired) electrons. The molecule has 1 fully saturated rings. The molecule has 1 saturated heterocycles. The van der Waals surface area contributed by atoms with E-state index in [4.69, 9.17) is 5.73 Å². The Bertz CT molecular complexity index is 277. The highest BCUT2D eigenvalue weighted by atomic mass is 16.2. The highest BCUT2D eigenvalue weighted by molar-refractivity contribution is 5.83. The van der Waals surface area contributed by atoms with Crippen molar-refractivity contribution in [3.8, 4) is 0 Å².